The number of carbonyl (C=O) groups excluding carboxylic acids is 1. The molecular weight excluding hydrogens is 286 g/mol. The molecule has 1 aliphatic heterocycles. The predicted molar refractivity (Wildman–Crippen MR) is 92.4 cm³/mol. The first-order valence-corrected chi connectivity index (χ1v) is 9.04. The maximum atomic E-state index is 12.8. The smallest absolute Gasteiger partial charge is 0.223 e. The molecular formula is C20H29NO2. The van der Waals surface area contributed by atoms with E-state index in [4.69, 9.17) is 0 Å². The molecule has 2 aliphatic rings. The zero-order chi connectivity index (χ0) is 16.4. The fourth-order valence-corrected chi connectivity index (χ4v) is 3.81. The molecule has 1 aromatic rings. The molecule has 3 rings (SSSR count). The van der Waals surface area contributed by atoms with Crippen LogP contribution in [-0.4, -0.2) is 35.6 Å². The molecule has 2 atom stereocenters. The second-order valence-corrected chi connectivity index (χ2v) is 7.52. The van der Waals surface area contributed by atoms with Crippen LogP contribution in [-0.2, 0) is 4.79 Å². The minimum Gasteiger partial charge on any atom is -0.396 e. The average Bonchev–Trinajstić information content (AvgIpc) is 3.40. The number of rotatable bonds is 5. The molecule has 1 aromatic carbocycles. The molecule has 2 fully saturated rings. The Morgan fingerprint density at radius 3 is 2.70 bits per heavy atom. The molecule has 0 bridgehead atoms. The number of likely N-dealkylation sites (tertiary alicyclic amines) is 1. The zero-order valence-corrected chi connectivity index (χ0v) is 14.4. The molecule has 1 saturated heterocycles. The first-order valence-electron chi connectivity index (χ1n) is 9.04. The van der Waals surface area contributed by atoms with Gasteiger partial charge in [-0.05, 0) is 74.0 Å². The third-order valence-electron chi connectivity index (χ3n) is 5.67. The van der Waals surface area contributed by atoms with Gasteiger partial charge in [0.2, 0.25) is 5.91 Å². The van der Waals surface area contributed by atoms with Gasteiger partial charge in [-0.25, -0.2) is 0 Å². The van der Waals surface area contributed by atoms with E-state index >= 15 is 0 Å². The lowest BCUT2D eigenvalue weighted by Crippen LogP contribution is -2.41. The third kappa shape index (κ3) is 3.95. The summed E-state index contributed by atoms with van der Waals surface area (Å²) in [7, 11) is 0. The van der Waals surface area contributed by atoms with Crippen LogP contribution in [0.25, 0.3) is 0 Å². The molecule has 0 radical (unpaired) electrons. The molecule has 0 aromatic heterocycles. The quantitative estimate of drug-likeness (QED) is 0.904. The fourth-order valence-electron chi connectivity index (χ4n) is 3.81. The molecule has 1 aliphatic carbocycles. The van der Waals surface area contributed by atoms with Crippen molar-refractivity contribution in [3.8, 4) is 0 Å². The number of benzene rings is 1. The van der Waals surface area contributed by atoms with Gasteiger partial charge in [-0.1, -0.05) is 18.2 Å². The Hall–Kier alpha value is -1.35. The number of carbonyl (C=O) groups is 1. The molecule has 3 heteroatoms. The van der Waals surface area contributed by atoms with Gasteiger partial charge >= 0.3 is 0 Å². The first kappa shape index (κ1) is 16.5. The van der Waals surface area contributed by atoms with Gasteiger partial charge in [0, 0.05) is 26.1 Å². The summed E-state index contributed by atoms with van der Waals surface area (Å²) in [6, 6.07) is 6.68. The molecule has 2 unspecified atom stereocenters. The van der Waals surface area contributed by atoms with Crippen molar-refractivity contribution in [2.45, 2.75) is 51.9 Å². The van der Waals surface area contributed by atoms with Gasteiger partial charge in [0.05, 0.1) is 0 Å². The summed E-state index contributed by atoms with van der Waals surface area (Å²) < 4.78 is 0. The van der Waals surface area contributed by atoms with E-state index < -0.39 is 0 Å². The van der Waals surface area contributed by atoms with E-state index in [0.29, 0.717) is 18.3 Å². The lowest BCUT2D eigenvalue weighted by atomic mass is 9.88. The Kier molecular flexibility index (Phi) is 5.05. The van der Waals surface area contributed by atoms with E-state index in [1.165, 1.54) is 29.5 Å². The normalized spacial score (nSPS) is 22.9. The molecule has 126 valence electrons. The number of amides is 1. The predicted octanol–water partition coefficient (Wildman–Crippen LogP) is 3.42. The summed E-state index contributed by atoms with van der Waals surface area (Å²) in [4.78, 5) is 14.8. The Morgan fingerprint density at radius 1 is 1.26 bits per heavy atom. The van der Waals surface area contributed by atoms with E-state index in [1.807, 2.05) is 4.90 Å². The van der Waals surface area contributed by atoms with Crippen LogP contribution in [0.15, 0.2) is 18.2 Å². The third-order valence-corrected chi connectivity index (χ3v) is 5.67. The van der Waals surface area contributed by atoms with Crippen molar-refractivity contribution in [1.29, 1.82) is 0 Å². The molecule has 1 heterocycles. The van der Waals surface area contributed by atoms with Crippen molar-refractivity contribution in [3.63, 3.8) is 0 Å². The van der Waals surface area contributed by atoms with E-state index in [1.54, 1.807) is 0 Å². The fraction of sp³-hybridized carbons (Fsp3) is 0.650. The van der Waals surface area contributed by atoms with Crippen LogP contribution in [0.1, 0.15) is 54.7 Å². The van der Waals surface area contributed by atoms with E-state index in [0.717, 1.165) is 25.9 Å². The Morgan fingerprint density at radius 2 is 2.04 bits per heavy atom. The highest BCUT2D eigenvalue weighted by Gasteiger charge is 2.35. The van der Waals surface area contributed by atoms with Gasteiger partial charge in [0.25, 0.3) is 0 Å². The number of aliphatic hydroxyl groups is 1. The number of piperidine rings is 1. The van der Waals surface area contributed by atoms with Crippen molar-refractivity contribution in [2.75, 3.05) is 19.7 Å². The molecule has 1 saturated carbocycles. The first-order chi connectivity index (χ1) is 11.1. The van der Waals surface area contributed by atoms with Gasteiger partial charge in [-0.2, -0.15) is 0 Å². The average molecular weight is 315 g/mol. The van der Waals surface area contributed by atoms with Crippen LogP contribution in [0.4, 0.5) is 0 Å². The van der Waals surface area contributed by atoms with Crippen LogP contribution in [0.5, 0.6) is 0 Å². The standard InChI is InChI=1S/C20H29NO2/c1-14-5-6-18(10-15(14)2)19(17-7-8-17)11-20(23)21-9-3-4-16(12-21)13-22/h5-6,10,16-17,19,22H,3-4,7-9,11-13H2,1-2H3. The van der Waals surface area contributed by atoms with Crippen LogP contribution < -0.4 is 0 Å². The second kappa shape index (κ2) is 7.04. The molecule has 3 nitrogen and oxygen atoms in total. The maximum Gasteiger partial charge on any atom is 0.223 e. The van der Waals surface area contributed by atoms with Crippen molar-refractivity contribution in [1.82, 2.24) is 4.90 Å². The van der Waals surface area contributed by atoms with Crippen molar-refractivity contribution >= 4 is 5.91 Å². The molecule has 1 N–H and O–H groups in total. The second-order valence-electron chi connectivity index (χ2n) is 7.52. The van der Waals surface area contributed by atoms with E-state index in [9.17, 15) is 9.90 Å². The summed E-state index contributed by atoms with van der Waals surface area (Å²) in [6.07, 6.45) is 5.21. The van der Waals surface area contributed by atoms with Crippen molar-refractivity contribution < 1.29 is 9.90 Å². The number of hydrogen-bond donors (Lipinski definition) is 1. The van der Waals surface area contributed by atoms with Crippen molar-refractivity contribution in [3.05, 3.63) is 34.9 Å². The van der Waals surface area contributed by atoms with Gasteiger partial charge in [-0.15, -0.1) is 0 Å². The molecule has 23 heavy (non-hydrogen) atoms. The largest absolute Gasteiger partial charge is 0.396 e. The monoisotopic (exact) mass is 315 g/mol. The lowest BCUT2D eigenvalue weighted by molar-refractivity contribution is -0.133. The molecule has 1 amide bonds. The maximum absolute atomic E-state index is 12.8. The van der Waals surface area contributed by atoms with Gasteiger partial charge in [-0.3, -0.25) is 4.79 Å². The lowest BCUT2D eigenvalue weighted by Gasteiger charge is -2.33. The van der Waals surface area contributed by atoms with Crippen LogP contribution in [0.3, 0.4) is 0 Å². The van der Waals surface area contributed by atoms with E-state index in [-0.39, 0.29) is 18.4 Å². The summed E-state index contributed by atoms with van der Waals surface area (Å²) in [6.45, 7) is 6.09. The number of nitrogens with zero attached hydrogens (tertiary/aromatic N) is 1. The molecule has 0 spiro atoms. The SMILES string of the molecule is Cc1ccc(C(CC(=O)N2CCCC(CO)C2)C2CC2)cc1C. The minimum absolute atomic E-state index is 0.201. The van der Waals surface area contributed by atoms with Crippen molar-refractivity contribution in [2.24, 2.45) is 11.8 Å². The zero-order valence-electron chi connectivity index (χ0n) is 14.4. The van der Waals surface area contributed by atoms with Crippen LogP contribution in [0, 0.1) is 25.7 Å². The summed E-state index contributed by atoms with van der Waals surface area (Å²) >= 11 is 0. The van der Waals surface area contributed by atoms with Gasteiger partial charge < -0.3 is 10.0 Å². The summed E-state index contributed by atoms with van der Waals surface area (Å²) in [5.41, 5.74) is 3.97. The number of aliphatic hydroxyl groups excluding tert-OH is 1. The van der Waals surface area contributed by atoms with Gasteiger partial charge in [0.15, 0.2) is 0 Å². The van der Waals surface area contributed by atoms with Crippen LogP contribution in [0.2, 0.25) is 0 Å². The Balaban J connectivity index is 1.69. The highest BCUT2D eigenvalue weighted by Crippen LogP contribution is 2.45. The van der Waals surface area contributed by atoms with Crippen LogP contribution >= 0.6 is 0 Å². The summed E-state index contributed by atoms with van der Waals surface area (Å²) in [5.74, 6) is 1.60. The topological polar surface area (TPSA) is 40.5 Å². The highest BCUT2D eigenvalue weighted by molar-refractivity contribution is 5.77. The highest BCUT2D eigenvalue weighted by atomic mass is 16.3. The number of aryl methyl sites for hydroxylation is 2. The minimum atomic E-state index is 0.201. The van der Waals surface area contributed by atoms with Gasteiger partial charge in [0.1, 0.15) is 0 Å². The van der Waals surface area contributed by atoms with E-state index in [2.05, 4.69) is 32.0 Å². The Labute approximate surface area is 139 Å². The number of hydrogen-bond acceptors (Lipinski definition) is 2. The Bertz CT molecular complexity index is 565. The summed E-state index contributed by atoms with van der Waals surface area (Å²) in [5, 5.41) is 9.37.